The Morgan fingerprint density at radius 1 is 1.31 bits per heavy atom. The molecule has 182 valence electrons. The molecule has 1 atom stereocenters. The molecule has 35 heavy (non-hydrogen) atoms. The summed E-state index contributed by atoms with van der Waals surface area (Å²) in [5, 5.41) is 11.1. The number of halogens is 4. The van der Waals surface area contributed by atoms with Crippen molar-refractivity contribution in [1.82, 2.24) is 4.57 Å². The second-order valence-electron chi connectivity index (χ2n) is 7.05. The summed E-state index contributed by atoms with van der Waals surface area (Å²) >= 11 is 6.53. The highest BCUT2D eigenvalue weighted by molar-refractivity contribution is 7.07. The summed E-state index contributed by atoms with van der Waals surface area (Å²) < 4.78 is 52.8. The normalized spacial score (nSPS) is 16.1. The van der Waals surface area contributed by atoms with Gasteiger partial charge in [0.2, 0.25) is 0 Å². The number of furan rings is 1. The Hall–Kier alpha value is -3.71. The summed E-state index contributed by atoms with van der Waals surface area (Å²) in [6, 6.07) is 6.37. The van der Waals surface area contributed by atoms with Crippen molar-refractivity contribution in [2.45, 2.75) is 19.1 Å². The zero-order chi connectivity index (χ0) is 25.5. The van der Waals surface area contributed by atoms with Gasteiger partial charge in [-0.15, -0.1) is 0 Å². The first-order valence-corrected chi connectivity index (χ1v) is 11.0. The van der Waals surface area contributed by atoms with E-state index in [1.807, 2.05) is 0 Å². The molecule has 0 saturated carbocycles. The number of nitro groups is 1. The highest BCUT2D eigenvalue weighted by Gasteiger charge is 2.45. The number of rotatable bonds is 5. The fourth-order valence-electron chi connectivity index (χ4n) is 3.45. The molecule has 0 N–H and O–H groups in total. The quantitative estimate of drug-likeness (QED) is 0.285. The topological polar surface area (TPSA) is 117 Å². The number of carbonyl (C=O) groups is 1. The lowest BCUT2D eigenvalue weighted by molar-refractivity contribution is -0.402. The molecule has 0 unspecified atom stereocenters. The molecule has 0 aliphatic carbocycles. The number of esters is 1. The summed E-state index contributed by atoms with van der Waals surface area (Å²) in [5.74, 6) is -1.92. The minimum absolute atomic E-state index is 0.0642. The molecule has 0 spiro atoms. The van der Waals surface area contributed by atoms with Crippen LogP contribution in [0.25, 0.3) is 6.08 Å². The average Bonchev–Trinajstić information content (AvgIpc) is 3.38. The zero-order valence-electron chi connectivity index (χ0n) is 17.5. The number of hydrogen-bond donors (Lipinski definition) is 0. The summed E-state index contributed by atoms with van der Waals surface area (Å²) in [6.07, 6.45) is -3.89. The number of ether oxygens (including phenoxy) is 1. The van der Waals surface area contributed by atoms with E-state index in [1.165, 1.54) is 37.3 Å². The minimum Gasteiger partial charge on any atom is -0.463 e. The molecule has 0 amide bonds. The number of fused-ring (bicyclic) bond motifs is 1. The van der Waals surface area contributed by atoms with E-state index in [4.69, 9.17) is 20.8 Å². The van der Waals surface area contributed by atoms with Gasteiger partial charge >= 0.3 is 18.0 Å². The van der Waals surface area contributed by atoms with Gasteiger partial charge in [0.1, 0.15) is 10.7 Å². The summed E-state index contributed by atoms with van der Waals surface area (Å²) in [5.41, 5.74) is -2.96. The third kappa shape index (κ3) is 4.64. The van der Waals surface area contributed by atoms with E-state index in [0.717, 1.165) is 16.7 Å². The Kier molecular flexibility index (Phi) is 6.38. The van der Waals surface area contributed by atoms with Crippen LogP contribution in [-0.2, 0) is 9.53 Å². The summed E-state index contributed by atoms with van der Waals surface area (Å²) in [6.45, 7) is 1.23. The molecule has 0 fully saturated rings. The maximum absolute atomic E-state index is 14.0. The largest absolute Gasteiger partial charge is 0.463 e. The molecule has 0 radical (unpaired) electrons. The van der Waals surface area contributed by atoms with Crippen molar-refractivity contribution < 1.29 is 32.0 Å². The van der Waals surface area contributed by atoms with E-state index in [2.05, 4.69) is 4.99 Å². The maximum Gasteiger partial charge on any atom is 0.434 e. The first-order valence-electron chi connectivity index (χ1n) is 9.81. The molecule has 3 aromatic rings. The van der Waals surface area contributed by atoms with Crippen molar-refractivity contribution in [3.05, 3.63) is 93.8 Å². The second kappa shape index (κ2) is 9.15. The Balaban J connectivity index is 2.02. The molecule has 1 aliphatic heterocycles. The van der Waals surface area contributed by atoms with Gasteiger partial charge in [-0.3, -0.25) is 19.5 Å². The minimum atomic E-state index is -5.04. The lowest BCUT2D eigenvalue weighted by Gasteiger charge is -2.26. The smallest absolute Gasteiger partial charge is 0.434 e. The zero-order valence-corrected chi connectivity index (χ0v) is 19.1. The molecule has 14 heteroatoms. The number of alkyl halides is 3. The van der Waals surface area contributed by atoms with Crippen molar-refractivity contribution in [2.75, 3.05) is 6.61 Å². The number of hydrogen-bond acceptors (Lipinski definition) is 8. The molecule has 0 saturated heterocycles. The first kappa shape index (κ1) is 24.4. The third-order valence-electron chi connectivity index (χ3n) is 4.85. The number of allylic oxidation sites excluding steroid dienone is 1. The van der Waals surface area contributed by atoms with Crippen molar-refractivity contribution >= 4 is 40.9 Å². The van der Waals surface area contributed by atoms with Crippen molar-refractivity contribution in [1.29, 1.82) is 0 Å². The molecule has 9 nitrogen and oxygen atoms in total. The van der Waals surface area contributed by atoms with E-state index in [1.54, 1.807) is 0 Å². The fraction of sp³-hybridized carbons (Fsp3) is 0.190. The predicted molar refractivity (Wildman–Crippen MR) is 118 cm³/mol. The van der Waals surface area contributed by atoms with Crippen LogP contribution in [0.2, 0.25) is 5.02 Å². The Bertz CT molecular complexity index is 1540. The van der Waals surface area contributed by atoms with Gasteiger partial charge in [-0.1, -0.05) is 35.1 Å². The molecular weight excluding hydrogens is 515 g/mol. The van der Waals surface area contributed by atoms with Gasteiger partial charge in [0.25, 0.3) is 5.56 Å². The van der Waals surface area contributed by atoms with Crippen LogP contribution < -0.4 is 14.9 Å². The monoisotopic (exact) mass is 527 g/mol. The van der Waals surface area contributed by atoms with E-state index in [-0.39, 0.29) is 27.3 Å². The third-order valence-corrected chi connectivity index (χ3v) is 6.08. The highest BCUT2D eigenvalue weighted by atomic mass is 35.5. The number of thiazole rings is 1. The van der Waals surface area contributed by atoms with Gasteiger partial charge < -0.3 is 9.15 Å². The number of nitrogens with zero attached hydrogens (tertiary/aromatic N) is 3. The SMILES string of the molecule is CCOC(=O)C1=C(C(F)(F)F)N=c2s/c(=C\c3ccc([N+](=O)[O-])o3)c(=O)n2[C@H]1c1ccc(Cl)cc1. The molecule has 2 aromatic heterocycles. The standard InChI is InChI=1S/C21H13ClF3N3O6S/c1-2-33-19(30)15-16(10-3-5-11(22)6-4-10)27-18(29)13(9-12-7-8-14(34-12)28(31)32)35-20(27)26-17(15)21(23,24)25/h3-9,16H,2H2,1H3/b13-9-/t16-/m0/s1. The number of benzene rings is 1. The van der Waals surface area contributed by atoms with Crippen LogP contribution in [0, 0.1) is 10.1 Å². The van der Waals surface area contributed by atoms with Crippen LogP contribution >= 0.6 is 22.9 Å². The van der Waals surface area contributed by atoms with Crippen molar-refractivity contribution in [3.8, 4) is 0 Å². The average molecular weight is 528 g/mol. The lowest BCUT2D eigenvalue weighted by Crippen LogP contribution is -2.41. The van der Waals surface area contributed by atoms with Gasteiger partial charge in [-0.25, -0.2) is 9.79 Å². The van der Waals surface area contributed by atoms with E-state index in [0.29, 0.717) is 16.4 Å². The van der Waals surface area contributed by atoms with E-state index in [9.17, 15) is 32.9 Å². The summed E-state index contributed by atoms with van der Waals surface area (Å²) in [4.78, 5) is 39.4. The van der Waals surface area contributed by atoms with Gasteiger partial charge in [0.05, 0.1) is 28.8 Å². The molecular formula is C21H13ClF3N3O6S. The van der Waals surface area contributed by atoms with Crippen molar-refractivity contribution in [2.24, 2.45) is 4.99 Å². The maximum atomic E-state index is 14.0. The van der Waals surface area contributed by atoms with Crippen LogP contribution in [0.3, 0.4) is 0 Å². The van der Waals surface area contributed by atoms with Gasteiger partial charge in [-0.05, 0) is 30.7 Å². The molecule has 1 aromatic carbocycles. The fourth-order valence-corrected chi connectivity index (χ4v) is 4.56. The highest BCUT2D eigenvalue weighted by Crippen LogP contribution is 2.38. The molecule has 3 heterocycles. The predicted octanol–water partition coefficient (Wildman–Crippen LogP) is 3.50. The molecule has 4 rings (SSSR count). The first-order chi connectivity index (χ1) is 16.5. The van der Waals surface area contributed by atoms with Crippen molar-refractivity contribution in [3.63, 3.8) is 0 Å². The van der Waals surface area contributed by atoms with E-state index >= 15 is 0 Å². The lowest BCUT2D eigenvalue weighted by atomic mass is 9.95. The van der Waals surface area contributed by atoms with Gasteiger partial charge in [-0.2, -0.15) is 13.2 Å². The van der Waals surface area contributed by atoms with Gasteiger partial charge in [0, 0.05) is 11.1 Å². The number of aromatic nitrogens is 1. The summed E-state index contributed by atoms with van der Waals surface area (Å²) in [7, 11) is 0. The molecule has 1 aliphatic rings. The van der Waals surface area contributed by atoms with E-state index < -0.39 is 45.8 Å². The van der Waals surface area contributed by atoms with Crippen LogP contribution in [0.15, 0.2) is 61.9 Å². The van der Waals surface area contributed by atoms with Crippen LogP contribution in [0.4, 0.5) is 19.1 Å². The van der Waals surface area contributed by atoms with Crippen LogP contribution in [-0.4, -0.2) is 28.2 Å². The Morgan fingerprint density at radius 3 is 2.57 bits per heavy atom. The van der Waals surface area contributed by atoms with Gasteiger partial charge in [0.15, 0.2) is 10.5 Å². The second-order valence-corrected chi connectivity index (χ2v) is 8.49. The van der Waals surface area contributed by atoms with Crippen LogP contribution in [0.1, 0.15) is 24.3 Å². The van der Waals surface area contributed by atoms with Crippen LogP contribution in [0.5, 0.6) is 0 Å². The number of carbonyl (C=O) groups excluding carboxylic acids is 1. The Morgan fingerprint density at radius 2 is 2.00 bits per heavy atom. The Labute approximate surface area is 202 Å². The molecule has 0 bridgehead atoms.